The van der Waals surface area contributed by atoms with Crippen molar-refractivity contribution >= 4 is 17.5 Å². The number of nitrogens with zero attached hydrogens (tertiary/aromatic N) is 1. The molecule has 0 aromatic heterocycles. The van der Waals surface area contributed by atoms with Crippen LogP contribution in [0.3, 0.4) is 0 Å². The summed E-state index contributed by atoms with van der Waals surface area (Å²) in [7, 11) is 1.57. The second-order valence-corrected chi connectivity index (χ2v) is 6.84. The van der Waals surface area contributed by atoms with Gasteiger partial charge in [0, 0.05) is 19.5 Å². The summed E-state index contributed by atoms with van der Waals surface area (Å²) in [6.07, 6.45) is 0.197. The number of amides is 2. The van der Waals surface area contributed by atoms with Crippen molar-refractivity contribution in [2.45, 2.75) is 32.7 Å². The third-order valence-electron chi connectivity index (χ3n) is 4.98. The topological polar surface area (TPSA) is 84.7 Å². The molecule has 1 fully saturated rings. The highest BCUT2D eigenvalue weighted by atomic mass is 16.5. The van der Waals surface area contributed by atoms with Crippen LogP contribution in [0.25, 0.3) is 0 Å². The van der Waals surface area contributed by atoms with Crippen molar-refractivity contribution in [2.75, 3.05) is 25.1 Å². The van der Waals surface area contributed by atoms with Crippen LogP contribution in [0.2, 0.25) is 0 Å². The first kappa shape index (κ1) is 18.3. The molecule has 6 nitrogen and oxygen atoms in total. The molecule has 24 heavy (non-hydrogen) atoms. The molecule has 0 bridgehead atoms. The van der Waals surface area contributed by atoms with E-state index in [1.165, 1.54) is 0 Å². The molecule has 0 radical (unpaired) electrons. The van der Waals surface area contributed by atoms with E-state index in [1.807, 2.05) is 39.0 Å². The lowest BCUT2D eigenvalue weighted by molar-refractivity contribution is -0.128. The van der Waals surface area contributed by atoms with Gasteiger partial charge in [0.25, 0.3) is 0 Å². The van der Waals surface area contributed by atoms with Crippen LogP contribution in [0.5, 0.6) is 5.75 Å². The van der Waals surface area contributed by atoms with Crippen LogP contribution in [-0.2, 0) is 9.59 Å². The Balaban J connectivity index is 2.13. The molecule has 0 aliphatic carbocycles. The van der Waals surface area contributed by atoms with E-state index < -0.39 is 5.54 Å². The van der Waals surface area contributed by atoms with Crippen LogP contribution in [0.1, 0.15) is 27.2 Å². The Labute approximate surface area is 143 Å². The minimum absolute atomic E-state index is 0.0707. The maximum atomic E-state index is 12.6. The van der Waals surface area contributed by atoms with Crippen LogP contribution in [0.15, 0.2) is 24.3 Å². The molecular formula is C18H27N3O3. The molecule has 1 aromatic carbocycles. The van der Waals surface area contributed by atoms with Gasteiger partial charge in [0.05, 0.1) is 24.3 Å². The normalized spacial score (nSPS) is 20.2. The molecule has 0 spiro atoms. The van der Waals surface area contributed by atoms with E-state index in [2.05, 4.69) is 5.32 Å². The predicted octanol–water partition coefficient (Wildman–Crippen LogP) is 1.54. The Morgan fingerprint density at radius 3 is 2.71 bits per heavy atom. The highest BCUT2D eigenvalue weighted by molar-refractivity contribution is 6.01. The average Bonchev–Trinajstić information content (AvgIpc) is 2.96. The lowest BCUT2D eigenvalue weighted by atomic mass is 9.87. The number of anilines is 1. The van der Waals surface area contributed by atoms with Gasteiger partial charge in [-0.15, -0.1) is 0 Å². The fourth-order valence-electron chi connectivity index (χ4n) is 2.78. The predicted molar refractivity (Wildman–Crippen MR) is 93.9 cm³/mol. The van der Waals surface area contributed by atoms with Gasteiger partial charge in [0.15, 0.2) is 0 Å². The molecule has 6 heteroatoms. The number of nitrogens with two attached hydrogens (primary N) is 1. The molecule has 3 N–H and O–H groups in total. The summed E-state index contributed by atoms with van der Waals surface area (Å²) in [4.78, 5) is 26.6. The Morgan fingerprint density at radius 1 is 1.46 bits per heavy atom. The highest BCUT2D eigenvalue weighted by Crippen LogP contribution is 2.33. The Hall–Kier alpha value is -2.08. The number of carbonyl (C=O) groups excluding carboxylic acids is 2. The number of hydrogen-bond acceptors (Lipinski definition) is 4. The molecule has 132 valence electrons. The number of para-hydroxylation sites is 2. The quantitative estimate of drug-likeness (QED) is 0.827. The number of ether oxygens (including phenoxy) is 1. The van der Waals surface area contributed by atoms with Gasteiger partial charge < -0.3 is 20.7 Å². The van der Waals surface area contributed by atoms with Crippen molar-refractivity contribution in [3.63, 3.8) is 0 Å². The lowest BCUT2D eigenvalue weighted by Crippen LogP contribution is -2.56. The summed E-state index contributed by atoms with van der Waals surface area (Å²) in [5.74, 6) is 0.253. The van der Waals surface area contributed by atoms with Crippen molar-refractivity contribution in [3.05, 3.63) is 24.3 Å². The Morgan fingerprint density at radius 2 is 2.12 bits per heavy atom. The van der Waals surface area contributed by atoms with Gasteiger partial charge in [-0.25, -0.2) is 0 Å². The van der Waals surface area contributed by atoms with Crippen molar-refractivity contribution in [1.82, 2.24) is 5.32 Å². The molecule has 1 heterocycles. The molecule has 2 unspecified atom stereocenters. The van der Waals surface area contributed by atoms with E-state index in [-0.39, 0.29) is 30.1 Å². The number of carbonyl (C=O) groups is 2. The Bertz CT molecular complexity index is 617. The average molecular weight is 333 g/mol. The standard InChI is InChI=1S/C18H27N3O3/c1-12(2)18(3,11-19)20-17(23)13-9-16(22)21(10-13)14-7-5-6-8-15(14)24-4/h5-8,12-13H,9-11,19H2,1-4H3,(H,20,23). The zero-order valence-corrected chi connectivity index (χ0v) is 14.8. The van der Waals surface area contributed by atoms with Crippen LogP contribution in [-0.4, -0.2) is 37.6 Å². The van der Waals surface area contributed by atoms with Crippen molar-refractivity contribution in [2.24, 2.45) is 17.6 Å². The molecule has 0 saturated carbocycles. The van der Waals surface area contributed by atoms with Crippen LogP contribution >= 0.6 is 0 Å². The van der Waals surface area contributed by atoms with E-state index >= 15 is 0 Å². The number of nitrogens with one attached hydrogen (secondary N) is 1. The number of rotatable bonds is 6. The fourth-order valence-corrected chi connectivity index (χ4v) is 2.78. The van der Waals surface area contributed by atoms with Gasteiger partial charge >= 0.3 is 0 Å². The van der Waals surface area contributed by atoms with E-state index in [4.69, 9.17) is 10.5 Å². The molecule has 2 rings (SSSR count). The minimum atomic E-state index is -0.474. The molecule has 2 amide bonds. The molecule has 1 aliphatic heterocycles. The molecule has 1 aliphatic rings. The number of benzene rings is 1. The smallest absolute Gasteiger partial charge is 0.227 e. The number of methoxy groups -OCH3 is 1. The zero-order chi connectivity index (χ0) is 17.9. The van der Waals surface area contributed by atoms with Crippen molar-refractivity contribution in [3.8, 4) is 5.75 Å². The summed E-state index contributed by atoms with van der Waals surface area (Å²) in [6.45, 7) is 6.68. The van der Waals surface area contributed by atoms with Gasteiger partial charge in [-0.05, 0) is 25.0 Å². The van der Waals surface area contributed by atoms with Crippen LogP contribution < -0.4 is 20.7 Å². The van der Waals surface area contributed by atoms with Gasteiger partial charge in [0.1, 0.15) is 5.75 Å². The summed E-state index contributed by atoms with van der Waals surface area (Å²) < 4.78 is 5.32. The zero-order valence-electron chi connectivity index (χ0n) is 14.8. The van der Waals surface area contributed by atoms with E-state index in [9.17, 15) is 9.59 Å². The summed E-state index contributed by atoms with van der Waals surface area (Å²) in [5.41, 5.74) is 6.06. The highest BCUT2D eigenvalue weighted by Gasteiger charge is 2.39. The lowest BCUT2D eigenvalue weighted by Gasteiger charge is -2.34. The van der Waals surface area contributed by atoms with E-state index in [0.717, 1.165) is 0 Å². The summed E-state index contributed by atoms with van der Waals surface area (Å²) >= 11 is 0. The number of hydrogen-bond donors (Lipinski definition) is 2. The van der Waals surface area contributed by atoms with E-state index in [0.29, 0.717) is 24.5 Å². The third-order valence-corrected chi connectivity index (χ3v) is 4.98. The Kier molecular flexibility index (Phi) is 5.49. The monoisotopic (exact) mass is 333 g/mol. The maximum Gasteiger partial charge on any atom is 0.227 e. The van der Waals surface area contributed by atoms with Crippen molar-refractivity contribution in [1.29, 1.82) is 0 Å². The van der Waals surface area contributed by atoms with Gasteiger partial charge in [-0.1, -0.05) is 26.0 Å². The fraction of sp³-hybridized carbons (Fsp3) is 0.556. The maximum absolute atomic E-state index is 12.6. The van der Waals surface area contributed by atoms with Crippen molar-refractivity contribution < 1.29 is 14.3 Å². The van der Waals surface area contributed by atoms with Gasteiger partial charge in [0.2, 0.25) is 11.8 Å². The summed E-state index contributed by atoms with van der Waals surface area (Å²) in [6, 6.07) is 7.33. The largest absolute Gasteiger partial charge is 0.495 e. The molecule has 1 aromatic rings. The third kappa shape index (κ3) is 3.53. The first-order valence-electron chi connectivity index (χ1n) is 8.28. The first-order chi connectivity index (χ1) is 11.3. The van der Waals surface area contributed by atoms with Crippen LogP contribution in [0, 0.1) is 11.8 Å². The van der Waals surface area contributed by atoms with Gasteiger partial charge in [-0.2, -0.15) is 0 Å². The first-order valence-corrected chi connectivity index (χ1v) is 8.28. The SMILES string of the molecule is COc1ccccc1N1CC(C(=O)NC(C)(CN)C(C)C)CC1=O. The van der Waals surface area contributed by atoms with Gasteiger partial charge in [-0.3, -0.25) is 9.59 Å². The molecule has 1 saturated heterocycles. The second kappa shape index (κ2) is 7.21. The minimum Gasteiger partial charge on any atom is -0.495 e. The summed E-state index contributed by atoms with van der Waals surface area (Å²) in [5, 5.41) is 3.03. The second-order valence-electron chi connectivity index (χ2n) is 6.84. The molecular weight excluding hydrogens is 306 g/mol. The molecule has 2 atom stereocenters. The van der Waals surface area contributed by atoms with E-state index in [1.54, 1.807) is 18.1 Å². The van der Waals surface area contributed by atoms with Crippen LogP contribution in [0.4, 0.5) is 5.69 Å².